The maximum atomic E-state index is 6.12. The number of hydrogen-bond donors (Lipinski definition) is 0. The first-order valence-corrected chi connectivity index (χ1v) is 7.45. The number of hydrogen-bond acceptors (Lipinski definition) is 5. The van der Waals surface area contributed by atoms with Gasteiger partial charge in [0, 0.05) is 12.6 Å². The smallest absolute Gasteiger partial charge is 0.255 e. The molecule has 1 aliphatic carbocycles. The Hall–Kier alpha value is -1.40. The fraction of sp³-hybridized carbons (Fsp3) is 0.615. The third-order valence-electron chi connectivity index (χ3n) is 4.23. The summed E-state index contributed by atoms with van der Waals surface area (Å²) in [5.74, 6) is 1.52. The van der Waals surface area contributed by atoms with E-state index in [1.807, 2.05) is 6.07 Å². The van der Waals surface area contributed by atoms with E-state index in [2.05, 4.69) is 20.0 Å². The number of rotatable bonds is 1. The highest BCUT2D eigenvalue weighted by Gasteiger charge is 2.35. The summed E-state index contributed by atoms with van der Waals surface area (Å²) < 4.78 is 7.69. The van der Waals surface area contributed by atoms with E-state index in [4.69, 9.17) is 16.3 Å². The van der Waals surface area contributed by atoms with Gasteiger partial charge in [-0.05, 0) is 12.8 Å². The number of fused-ring (bicyclic) bond motifs is 2. The topological polar surface area (TPSA) is 55.6 Å². The van der Waals surface area contributed by atoms with Crippen molar-refractivity contribution in [3.05, 3.63) is 17.5 Å². The summed E-state index contributed by atoms with van der Waals surface area (Å²) in [6, 6.07) is 2.28. The molecule has 106 valence electrons. The van der Waals surface area contributed by atoms with Crippen molar-refractivity contribution in [2.75, 3.05) is 18.1 Å². The van der Waals surface area contributed by atoms with Crippen molar-refractivity contribution in [2.24, 2.45) is 0 Å². The molecule has 3 heterocycles. The van der Waals surface area contributed by atoms with Gasteiger partial charge in [0.15, 0.2) is 0 Å². The molecule has 2 aromatic heterocycles. The van der Waals surface area contributed by atoms with Gasteiger partial charge in [0.1, 0.15) is 17.3 Å². The zero-order valence-corrected chi connectivity index (χ0v) is 11.8. The van der Waals surface area contributed by atoms with Crippen LogP contribution in [0, 0.1) is 0 Å². The molecule has 1 aliphatic heterocycles. The second-order valence-electron chi connectivity index (χ2n) is 5.36. The number of morpholine rings is 1. The van der Waals surface area contributed by atoms with Gasteiger partial charge < -0.3 is 9.64 Å². The Labute approximate surface area is 121 Å². The van der Waals surface area contributed by atoms with Gasteiger partial charge in [0.2, 0.25) is 0 Å². The number of halogens is 1. The Kier molecular flexibility index (Phi) is 3.00. The molecule has 7 heteroatoms. The van der Waals surface area contributed by atoms with Gasteiger partial charge in [-0.2, -0.15) is 19.6 Å². The van der Waals surface area contributed by atoms with Crippen LogP contribution in [0.25, 0.3) is 5.78 Å². The van der Waals surface area contributed by atoms with Crippen LogP contribution in [-0.2, 0) is 4.74 Å². The lowest BCUT2D eigenvalue weighted by Gasteiger charge is -2.44. The van der Waals surface area contributed by atoms with Gasteiger partial charge in [0.25, 0.3) is 5.78 Å². The van der Waals surface area contributed by atoms with Crippen molar-refractivity contribution >= 4 is 23.2 Å². The largest absolute Gasteiger partial charge is 0.374 e. The van der Waals surface area contributed by atoms with Crippen LogP contribution in [0.3, 0.4) is 0 Å². The average Bonchev–Trinajstić information content (AvgIpc) is 2.94. The molecule has 20 heavy (non-hydrogen) atoms. The van der Waals surface area contributed by atoms with Crippen LogP contribution in [-0.4, -0.2) is 44.9 Å². The zero-order chi connectivity index (χ0) is 13.5. The van der Waals surface area contributed by atoms with Crippen molar-refractivity contribution in [1.82, 2.24) is 19.6 Å². The monoisotopic (exact) mass is 293 g/mol. The van der Waals surface area contributed by atoms with Crippen LogP contribution in [0.5, 0.6) is 0 Å². The van der Waals surface area contributed by atoms with Crippen molar-refractivity contribution in [3.8, 4) is 0 Å². The summed E-state index contributed by atoms with van der Waals surface area (Å²) in [4.78, 5) is 10.7. The molecule has 0 radical (unpaired) electrons. The summed E-state index contributed by atoms with van der Waals surface area (Å²) in [5, 5.41) is 4.73. The minimum atomic E-state index is 0.322. The molecule has 6 nitrogen and oxygen atoms in total. The predicted octanol–water partition coefficient (Wildman–Crippen LogP) is 1.93. The molecule has 2 atom stereocenters. The van der Waals surface area contributed by atoms with Gasteiger partial charge in [-0.3, -0.25) is 0 Å². The van der Waals surface area contributed by atoms with E-state index in [0.717, 1.165) is 31.8 Å². The Morgan fingerprint density at radius 3 is 3.15 bits per heavy atom. The van der Waals surface area contributed by atoms with Gasteiger partial charge in [-0.25, -0.2) is 0 Å². The second kappa shape index (κ2) is 4.86. The first-order chi connectivity index (χ1) is 9.83. The molecule has 2 aromatic rings. The standard InChI is InChI=1S/C13H16ClN5O/c14-11-7-12(19-13(17-11)15-8-16-19)18-5-6-20-10-4-2-1-3-9(10)18/h7-10H,1-6H2. The maximum Gasteiger partial charge on any atom is 0.255 e. The number of nitrogens with zero attached hydrogens (tertiary/aromatic N) is 5. The number of aromatic nitrogens is 4. The quantitative estimate of drug-likeness (QED) is 0.752. The third kappa shape index (κ3) is 1.94. The highest BCUT2D eigenvalue weighted by Crippen LogP contribution is 2.32. The number of anilines is 1. The lowest BCUT2D eigenvalue weighted by molar-refractivity contribution is -0.00913. The minimum Gasteiger partial charge on any atom is -0.374 e. The SMILES string of the molecule is Clc1cc(N2CCOC3CCCCC32)n2ncnc2n1. The molecular weight excluding hydrogens is 278 g/mol. The van der Waals surface area contributed by atoms with E-state index < -0.39 is 0 Å². The highest BCUT2D eigenvalue weighted by atomic mass is 35.5. The maximum absolute atomic E-state index is 6.12. The lowest BCUT2D eigenvalue weighted by atomic mass is 9.90. The average molecular weight is 294 g/mol. The van der Waals surface area contributed by atoms with Crippen LogP contribution >= 0.6 is 11.6 Å². The normalized spacial score (nSPS) is 26.8. The predicted molar refractivity (Wildman–Crippen MR) is 75.1 cm³/mol. The molecule has 2 aliphatic rings. The van der Waals surface area contributed by atoms with Crippen LogP contribution in [0.4, 0.5) is 5.82 Å². The summed E-state index contributed by atoms with van der Waals surface area (Å²) >= 11 is 6.12. The fourth-order valence-electron chi connectivity index (χ4n) is 3.35. The molecule has 0 aromatic carbocycles. The van der Waals surface area contributed by atoms with Crippen molar-refractivity contribution in [3.63, 3.8) is 0 Å². The summed E-state index contributed by atoms with van der Waals surface area (Å²) in [6.45, 7) is 1.60. The Morgan fingerprint density at radius 2 is 2.20 bits per heavy atom. The van der Waals surface area contributed by atoms with E-state index in [9.17, 15) is 0 Å². The molecular formula is C13H16ClN5O. The van der Waals surface area contributed by atoms with Crippen LogP contribution in [0.1, 0.15) is 25.7 Å². The minimum absolute atomic E-state index is 0.322. The van der Waals surface area contributed by atoms with Gasteiger partial charge in [0.05, 0.1) is 18.8 Å². The Bertz CT molecular complexity index is 628. The molecule has 2 fully saturated rings. The number of ether oxygens (including phenoxy) is 1. The van der Waals surface area contributed by atoms with E-state index in [0.29, 0.717) is 23.1 Å². The van der Waals surface area contributed by atoms with Crippen molar-refractivity contribution < 1.29 is 4.74 Å². The molecule has 0 bridgehead atoms. The molecule has 0 amide bonds. The van der Waals surface area contributed by atoms with Crippen LogP contribution < -0.4 is 4.90 Å². The van der Waals surface area contributed by atoms with Crippen LogP contribution in [0.2, 0.25) is 5.15 Å². The summed E-state index contributed by atoms with van der Waals surface area (Å²) in [6.07, 6.45) is 6.64. The Balaban J connectivity index is 1.79. The lowest BCUT2D eigenvalue weighted by Crippen LogP contribution is -2.53. The summed E-state index contributed by atoms with van der Waals surface area (Å²) in [5.41, 5.74) is 0. The molecule has 0 N–H and O–H groups in total. The van der Waals surface area contributed by atoms with Crippen molar-refractivity contribution in [2.45, 2.75) is 37.8 Å². The second-order valence-corrected chi connectivity index (χ2v) is 5.75. The van der Waals surface area contributed by atoms with E-state index in [-0.39, 0.29) is 0 Å². The van der Waals surface area contributed by atoms with E-state index in [1.165, 1.54) is 19.2 Å². The fourth-order valence-corrected chi connectivity index (χ4v) is 3.53. The zero-order valence-electron chi connectivity index (χ0n) is 11.1. The molecule has 0 spiro atoms. The highest BCUT2D eigenvalue weighted by molar-refractivity contribution is 6.29. The Morgan fingerprint density at radius 1 is 1.30 bits per heavy atom. The van der Waals surface area contributed by atoms with E-state index >= 15 is 0 Å². The van der Waals surface area contributed by atoms with E-state index in [1.54, 1.807) is 4.52 Å². The van der Waals surface area contributed by atoms with Crippen LogP contribution in [0.15, 0.2) is 12.4 Å². The molecule has 4 rings (SSSR count). The first kappa shape index (κ1) is 12.3. The molecule has 2 unspecified atom stereocenters. The molecule has 1 saturated carbocycles. The van der Waals surface area contributed by atoms with Crippen molar-refractivity contribution in [1.29, 1.82) is 0 Å². The summed E-state index contributed by atoms with van der Waals surface area (Å²) in [7, 11) is 0. The first-order valence-electron chi connectivity index (χ1n) is 7.07. The molecule has 1 saturated heterocycles. The van der Waals surface area contributed by atoms with Gasteiger partial charge >= 0.3 is 0 Å². The van der Waals surface area contributed by atoms with Gasteiger partial charge in [-0.1, -0.05) is 24.4 Å². The third-order valence-corrected chi connectivity index (χ3v) is 4.42. The van der Waals surface area contributed by atoms with Gasteiger partial charge in [-0.15, -0.1) is 0 Å².